The number of benzene rings is 4. The van der Waals surface area contributed by atoms with Gasteiger partial charge in [-0.15, -0.1) is 26.3 Å². The van der Waals surface area contributed by atoms with Crippen LogP contribution in [0.25, 0.3) is 0 Å². The maximum absolute atomic E-state index is 14.6. The van der Waals surface area contributed by atoms with E-state index in [9.17, 15) is 74.6 Å². The molecule has 8 rings (SSSR count). The fraction of sp³-hybridized carbons (Fsp3) is 0.478. The van der Waals surface area contributed by atoms with Gasteiger partial charge < -0.3 is 37.9 Å². The van der Waals surface area contributed by atoms with Crippen molar-refractivity contribution < 1.29 is 113 Å². The molecule has 0 atom stereocenters. The molecule has 0 bridgehead atoms. The lowest BCUT2D eigenvalue weighted by atomic mass is 9.91. The molecule has 2 saturated heterocycles. The van der Waals surface area contributed by atoms with Crippen molar-refractivity contribution in [3.8, 4) is 23.0 Å². The summed E-state index contributed by atoms with van der Waals surface area (Å²) in [6, 6.07) is 3.75. The minimum absolute atomic E-state index is 0.0489. The van der Waals surface area contributed by atoms with Gasteiger partial charge in [0.2, 0.25) is 11.5 Å². The quantitative estimate of drug-likeness (QED) is 0.130. The van der Waals surface area contributed by atoms with Gasteiger partial charge in [0.05, 0.1) is 32.0 Å². The van der Waals surface area contributed by atoms with Crippen LogP contribution < -0.4 is 18.9 Å². The van der Waals surface area contributed by atoms with E-state index in [1.807, 2.05) is 0 Å². The largest absolute Gasteiger partial charge is 0.573 e. The van der Waals surface area contributed by atoms with Crippen molar-refractivity contribution in [3.63, 3.8) is 0 Å². The molecule has 4 aromatic rings. The molecule has 4 fully saturated rings. The number of hydrogen-bond donors (Lipinski definition) is 0. The first-order chi connectivity index (χ1) is 33.3. The van der Waals surface area contributed by atoms with Crippen LogP contribution in [0.1, 0.15) is 86.2 Å². The fourth-order valence-electron chi connectivity index (χ4n) is 8.76. The summed E-state index contributed by atoms with van der Waals surface area (Å²) in [5.41, 5.74) is -3.21. The molecule has 4 aromatic carbocycles. The molecule has 2 aliphatic heterocycles. The van der Waals surface area contributed by atoms with Crippen LogP contribution in [0.4, 0.5) is 74.6 Å². The highest BCUT2D eigenvalue weighted by atomic mass is 19.4. The maximum Gasteiger partial charge on any atom is 0.573 e. The van der Waals surface area contributed by atoms with E-state index in [0.717, 1.165) is 63.5 Å². The second kappa shape index (κ2) is 21.4. The Hall–Kier alpha value is -5.27. The third-order valence-corrected chi connectivity index (χ3v) is 12.1. The van der Waals surface area contributed by atoms with E-state index >= 15 is 0 Å². The summed E-state index contributed by atoms with van der Waals surface area (Å²) in [6.07, 6.45) is -13.5. The van der Waals surface area contributed by atoms with Crippen molar-refractivity contribution in [1.29, 1.82) is 0 Å². The van der Waals surface area contributed by atoms with Gasteiger partial charge in [-0.3, -0.25) is 0 Å². The molecular weight excluding hydrogens is 1000 g/mol. The topological polar surface area (TPSA) is 73.8 Å². The van der Waals surface area contributed by atoms with Crippen LogP contribution >= 0.6 is 0 Å². The molecule has 25 heteroatoms. The summed E-state index contributed by atoms with van der Waals surface area (Å²) >= 11 is 0. The molecule has 4 aliphatic rings. The first-order valence-corrected chi connectivity index (χ1v) is 21.7. The lowest BCUT2D eigenvalue weighted by Gasteiger charge is -2.33. The predicted molar refractivity (Wildman–Crippen MR) is 208 cm³/mol. The van der Waals surface area contributed by atoms with Crippen molar-refractivity contribution in [2.45, 2.75) is 88.9 Å². The van der Waals surface area contributed by atoms with Crippen LogP contribution in [0.15, 0.2) is 54.6 Å². The zero-order chi connectivity index (χ0) is 51.6. The summed E-state index contributed by atoms with van der Waals surface area (Å²) in [7, 11) is 0. The first kappa shape index (κ1) is 53.5. The zero-order valence-corrected chi connectivity index (χ0v) is 36.3. The second-order valence-electron chi connectivity index (χ2n) is 17.0. The monoisotopic (exact) mass is 1040 g/mol. The van der Waals surface area contributed by atoms with E-state index in [4.69, 9.17) is 18.9 Å². The van der Waals surface area contributed by atoms with Gasteiger partial charge >= 0.3 is 24.9 Å². The molecule has 0 amide bonds. The van der Waals surface area contributed by atoms with Crippen molar-refractivity contribution in [3.05, 3.63) is 118 Å². The van der Waals surface area contributed by atoms with Crippen molar-refractivity contribution in [1.82, 2.24) is 0 Å². The molecule has 8 nitrogen and oxygen atoms in total. The molecule has 0 spiro atoms. The van der Waals surface area contributed by atoms with Gasteiger partial charge in [-0.25, -0.2) is 30.7 Å². The Morgan fingerprint density at radius 2 is 0.732 bits per heavy atom. The van der Waals surface area contributed by atoms with E-state index < -0.39 is 112 Å². The van der Waals surface area contributed by atoms with E-state index in [2.05, 4.69) is 18.9 Å². The highest BCUT2D eigenvalue weighted by Gasteiger charge is 2.44. The van der Waals surface area contributed by atoms with Crippen LogP contribution in [-0.2, 0) is 31.2 Å². The number of rotatable bonds is 12. The summed E-state index contributed by atoms with van der Waals surface area (Å²) in [6.45, 7) is 1.32. The third-order valence-electron chi connectivity index (χ3n) is 12.1. The second-order valence-corrected chi connectivity index (χ2v) is 17.0. The molecular formula is C46H39F17O8. The minimum Gasteiger partial charge on any atom is -0.429 e. The van der Waals surface area contributed by atoms with Crippen molar-refractivity contribution in [2.24, 2.45) is 23.7 Å². The predicted octanol–water partition coefficient (Wildman–Crippen LogP) is 14.1. The normalized spacial score (nSPS) is 21.7. The molecule has 0 unspecified atom stereocenters. The molecule has 2 saturated carbocycles. The van der Waals surface area contributed by atoms with Gasteiger partial charge in [-0.05, 0) is 36.1 Å². The van der Waals surface area contributed by atoms with Gasteiger partial charge in [0.25, 0.3) is 0 Å². The van der Waals surface area contributed by atoms with Gasteiger partial charge in [-0.1, -0.05) is 57.4 Å². The van der Waals surface area contributed by atoms with E-state index in [0.29, 0.717) is 43.2 Å². The number of hydrogen-bond acceptors (Lipinski definition) is 8. The SMILES string of the molecule is Fc1cc(C2OCC(C3CCCC3)CO2)ccc1C(F)(F)Oc1cc(F)c(OC(F)(F)F)c(F)c1.Fc1cc(OC(F)(F)c2c(F)cc(C3OCC(C4CCCC4)CO3)cc2F)cc(F)c1OC(F)(F)F. The van der Waals surface area contributed by atoms with Gasteiger partial charge in [0.1, 0.15) is 34.5 Å². The van der Waals surface area contributed by atoms with Crippen LogP contribution in [0, 0.1) is 64.4 Å². The molecule has 0 radical (unpaired) electrons. The summed E-state index contributed by atoms with van der Waals surface area (Å²) in [5.74, 6) is -17.9. The highest BCUT2D eigenvalue weighted by molar-refractivity contribution is 5.38. The lowest BCUT2D eigenvalue weighted by Crippen LogP contribution is -2.32. The molecule has 0 aromatic heterocycles. The van der Waals surface area contributed by atoms with Gasteiger partial charge in [0, 0.05) is 47.2 Å². The summed E-state index contributed by atoms with van der Waals surface area (Å²) < 4.78 is 268. The molecule has 390 valence electrons. The van der Waals surface area contributed by atoms with Crippen LogP contribution in [0.5, 0.6) is 23.0 Å². The smallest absolute Gasteiger partial charge is 0.429 e. The van der Waals surface area contributed by atoms with Gasteiger partial charge in [0.15, 0.2) is 35.8 Å². The Morgan fingerprint density at radius 3 is 1.10 bits per heavy atom. The number of halogens is 17. The average Bonchev–Trinajstić information content (AvgIpc) is 4.02. The minimum atomic E-state index is -5.47. The Labute approximate surface area is 391 Å². The Bertz CT molecular complexity index is 2410. The van der Waals surface area contributed by atoms with Crippen LogP contribution in [0.3, 0.4) is 0 Å². The van der Waals surface area contributed by atoms with Crippen molar-refractivity contribution >= 4 is 0 Å². The van der Waals surface area contributed by atoms with Crippen LogP contribution in [0.2, 0.25) is 0 Å². The maximum atomic E-state index is 14.6. The molecule has 2 heterocycles. The van der Waals surface area contributed by atoms with Crippen LogP contribution in [-0.4, -0.2) is 39.2 Å². The molecule has 71 heavy (non-hydrogen) atoms. The summed E-state index contributed by atoms with van der Waals surface area (Å²) in [4.78, 5) is 0. The average molecular weight is 1040 g/mol. The Morgan fingerprint density at radius 1 is 0.380 bits per heavy atom. The van der Waals surface area contributed by atoms with E-state index in [-0.39, 0.29) is 60.4 Å². The number of alkyl halides is 10. The number of ether oxygens (including phenoxy) is 8. The molecule has 2 aliphatic carbocycles. The Balaban J connectivity index is 0.000000209. The highest BCUT2D eigenvalue weighted by Crippen LogP contribution is 2.43. The fourth-order valence-corrected chi connectivity index (χ4v) is 8.76. The third kappa shape index (κ3) is 13.4. The first-order valence-electron chi connectivity index (χ1n) is 21.7. The van der Waals surface area contributed by atoms with Crippen molar-refractivity contribution in [2.75, 3.05) is 26.4 Å². The van der Waals surface area contributed by atoms with E-state index in [1.54, 1.807) is 0 Å². The molecule has 0 N–H and O–H groups in total. The zero-order valence-electron chi connectivity index (χ0n) is 36.3. The Kier molecular flexibility index (Phi) is 16.2. The summed E-state index contributed by atoms with van der Waals surface area (Å²) in [5, 5.41) is 0. The van der Waals surface area contributed by atoms with E-state index in [1.165, 1.54) is 0 Å². The lowest BCUT2D eigenvalue weighted by molar-refractivity contribution is -0.277. The van der Waals surface area contributed by atoms with Gasteiger partial charge in [-0.2, -0.15) is 17.6 Å². The standard InChI is InChI=1S/C23H19F9O4.C23H20F8O4/c24-15-5-12(21-33-9-13(10-34-21)11-3-1-2-4-11)6-16(25)19(15)22(28,29)35-14-7-17(26)20(18(27)8-14)36-23(30,31)32;24-17-7-13(21-32-10-14(11-33-21)12-3-1-2-4-12)5-6-16(17)22(27,28)34-15-8-18(25)20(19(26)9-15)35-23(29,30)31/h5-8,11,13,21H,1-4,9-10H2;5-9,12,14,21H,1-4,10-11H2.